The summed E-state index contributed by atoms with van der Waals surface area (Å²) in [6, 6.07) is 11.9. The molecule has 0 bridgehead atoms. The first-order chi connectivity index (χ1) is 16.3. The molecule has 0 spiro atoms. The van der Waals surface area contributed by atoms with Crippen molar-refractivity contribution in [2.75, 3.05) is 13.2 Å². The number of carbonyl (C=O) groups is 1. The van der Waals surface area contributed by atoms with Gasteiger partial charge in [-0.05, 0) is 62.2 Å². The van der Waals surface area contributed by atoms with Crippen molar-refractivity contribution in [2.24, 2.45) is 4.99 Å². The lowest BCUT2D eigenvalue weighted by molar-refractivity contribution is -0.138. The number of esters is 1. The van der Waals surface area contributed by atoms with Gasteiger partial charge < -0.3 is 14.6 Å². The number of hydrogen-bond acceptors (Lipinski definition) is 7. The van der Waals surface area contributed by atoms with Crippen LogP contribution in [0.25, 0.3) is 11.8 Å². The Kier molecular flexibility index (Phi) is 7.04. The van der Waals surface area contributed by atoms with Crippen LogP contribution in [0.1, 0.15) is 37.9 Å². The topological polar surface area (TPSA) is 90.1 Å². The Labute approximate surface area is 208 Å². The molecule has 1 aliphatic rings. The first-order valence-electron chi connectivity index (χ1n) is 10.7. The summed E-state index contributed by atoms with van der Waals surface area (Å²) in [6.45, 7) is 5.93. The summed E-state index contributed by atoms with van der Waals surface area (Å²) in [4.78, 5) is 31.5. The Balaban J connectivity index is 1.90. The summed E-state index contributed by atoms with van der Waals surface area (Å²) in [5.41, 5.74) is 2.09. The number of allylic oxidation sites excluding steroid dienone is 1. The minimum Gasteiger partial charge on any atom is -0.504 e. The van der Waals surface area contributed by atoms with Gasteiger partial charge in [-0.1, -0.05) is 45.5 Å². The maximum Gasteiger partial charge on any atom is 0.338 e. The van der Waals surface area contributed by atoms with Crippen molar-refractivity contribution in [3.63, 3.8) is 0 Å². The van der Waals surface area contributed by atoms with Gasteiger partial charge in [-0.3, -0.25) is 9.36 Å². The molecule has 3 aromatic rings. The number of phenols is 1. The highest BCUT2D eigenvalue weighted by atomic mass is 79.9. The molecule has 0 aliphatic carbocycles. The maximum absolute atomic E-state index is 13.3. The molecule has 2 aromatic carbocycles. The fourth-order valence-electron chi connectivity index (χ4n) is 3.75. The summed E-state index contributed by atoms with van der Waals surface area (Å²) in [7, 11) is 0. The van der Waals surface area contributed by atoms with Gasteiger partial charge in [0.05, 0.1) is 23.3 Å². The zero-order chi connectivity index (χ0) is 24.4. The molecule has 4 rings (SSSR count). The number of rotatable bonds is 6. The molecule has 0 radical (unpaired) electrons. The minimum atomic E-state index is -0.587. The molecule has 0 saturated carbocycles. The fourth-order valence-corrected chi connectivity index (χ4v) is 5.05. The number of benzene rings is 2. The number of halogens is 1. The normalized spacial score (nSPS) is 15.6. The van der Waals surface area contributed by atoms with Crippen LogP contribution in [0.4, 0.5) is 0 Å². The molecule has 1 aliphatic heterocycles. The Morgan fingerprint density at radius 2 is 1.94 bits per heavy atom. The Bertz CT molecular complexity index is 1450. The predicted molar refractivity (Wildman–Crippen MR) is 135 cm³/mol. The highest BCUT2D eigenvalue weighted by molar-refractivity contribution is 9.10. The third kappa shape index (κ3) is 4.58. The summed E-state index contributed by atoms with van der Waals surface area (Å²) in [5.74, 6) is -0.115. The van der Waals surface area contributed by atoms with Crippen LogP contribution in [0.2, 0.25) is 0 Å². The Hall–Kier alpha value is -3.17. The summed E-state index contributed by atoms with van der Waals surface area (Å²) in [5, 5.41) is 9.96. The molecule has 1 N–H and O–H groups in total. The molecule has 0 fully saturated rings. The van der Waals surface area contributed by atoms with Gasteiger partial charge in [-0.15, -0.1) is 0 Å². The molecule has 1 aromatic heterocycles. The van der Waals surface area contributed by atoms with E-state index in [1.807, 2.05) is 31.2 Å². The molecule has 1 atom stereocenters. The van der Waals surface area contributed by atoms with Gasteiger partial charge >= 0.3 is 5.97 Å². The zero-order valence-corrected chi connectivity index (χ0v) is 21.3. The van der Waals surface area contributed by atoms with Crippen molar-refractivity contribution in [2.45, 2.75) is 26.8 Å². The molecular formula is C25H23BrN2O5S. The Morgan fingerprint density at radius 3 is 2.62 bits per heavy atom. The second-order valence-electron chi connectivity index (χ2n) is 7.50. The monoisotopic (exact) mass is 542 g/mol. The average molecular weight is 543 g/mol. The van der Waals surface area contributed by atoms with E-state index in [9.17, 15) is 14.7 Å². The standard InChI is InChI=1S/C25H23BrN2O5S/c1-4-32-19-12-15(6-11-18(19)29)13-20-23(30)28-14(3)21(24(31)33-5-2)22(27-25(28)34-20)16-7-9-17(26)10-8-16/h6-13,22,29H,4-5H2,1-3H3/b20-13-/t22-/m1/s1. The second kappa shape index (κ2) is 9.99. The van der Waals surface area contributed by atoms with E-state index in [1.54, 1.807) is 32.1 Å². The van der Waals surface area contributed by atoms with Crippen LogP contribution in [0.5, 0.6) is 11.5 Å². The quantitative estimate of drug-likeness (QED) is 0.479. The summed E-state index contributed by atoms with van der Waals surface area (Å²) >= 11 is 4.68. The number of thiazole rings is 1. The molecular weight excluding hydrogens is 520 g/mol. The molecule has 2 heterocycles. The Morgan fingerprint density at radius 1 is 1.21 bits per heavy atom. The van der Waals surface area contributed by atoms with Crippen LogP contribution in [0, 0.1) is 0 Å². The lowest BCUT2D eigenvalue weighted by Gasteiger charge is -2.22. The van der Waals surface area contributed by atoms with Gasteiger partial charge in [0.25, 0.3) is 5.56 Å². The van der Waals surface area contributed by atoms with Gasteiger partial charge in [-0.25, -0.2) is 9.79 Å². The molecule has 9 heteroatoms. The van der Waals surface area contributed by atoms with Gasteiger partial charge in [0.2, 0.25) is 0 Å². The smallest absolute Gasteiger partial charge is 0.338 e. The second-order valence-corrected chi connectivity index (χ2v) is 9.42. The van der Waals surface area contributed by atoms with E-state index in [4.69, 9.17) is 14.5 Å². The van der Waals surface area contributed by atoms with Crippen molar-refractivity contribution in [3.8, 4) is 11.5 Å². The molecule has 7 nitrogen and oxygen atoms in total. The van der Waals surface area contributed by atoms with Gasteiger partial charge in [0.1, 0.15) is 6.04 Å². The number of ether oxygens (including phenoxy) is 2. The molecule has 0 unspecified atom stereocenters. The van der Waals surface area contributed by atoms with E-state index in [0.717, 1.165) is 10.0 Å². The van der Waals surface area contributed by atoms with Crippen LogP contribution in [0.15, 0.2) is 62.3 Å². The third-order valence-corrected chi connectivity index (χ3v) is 6.82. The van der Waals surface area contributed by atoms with Crippen molar-refractivity contribution in [3.05, 3.63) is 83.3 Å². The number of hydrogen-bond donors (Lipinski definition) is 1. The van der Waals surface area contributed by atoms with Crippen LogP contribution >= 0.6 is 27.3 Å². The number of fused-ring (bicyclic) bond motifs is 1. The van der Waals surface area contributed by atoms with Crippen molar-refractivity contribution in [1.29, 1.82) is 0 Å². The van der Waals surface area contributed by atoms with E-state index in [0.29, 0.717) is 38.5 Å². The molecule has 0 amide bonds. The highest BCUT2D eigenvalue weighted by Crippen LogP contribution is 2.33. The maximum atomic E-state index is 13.3. The number of aromatic nitrogens is 1. The predicted octanol–water partition coefficient (Wildman–Crippen LogP) is 3.77. The highest BCUT2D eigenvalue weighted by Gasteiger charge is 2.31. The molecule has 176 valence electrons. The SMILES string of the molecule is CCOC(=O)C1=C(C)n2c(s/c(=C\c3ccc(O)c(OCC)c3)c2=O)=N[C@@H]1c1ccc(Br)cc1. The number of phenolic OH excluding ortho intramolecular Hbond substituents is 1. The van der Waals surface area contributed by atoms with Crippen LogP contribution in [-0.4, -0.2) is 28.9 Å². The zero-order valence-electron chi connectivity index (χ0n) is 18.9. The van der Waals surface area contributed by atoms with Crippen LogP contribution in [0.3, 0.4) is 0 Å². The van der Waals surface area contributed by atoms with E-state index < -0.39 is 12.0 Å². The average Bonchev–Trinajstić information content (AvgIpc) is 3.12. The van der Waals surface area contributed by atoms with E-state index in [-0.39, 0.29) is 17.9 Å². The van der Waals surface area contributed by atoms with E-state index >= 15 is 0 Å². The largest absolute Gasteiger partial charge is 0.504 e. The van der Waals surface area contributed by atoms with Crippen LogP contribution < -0.4 is 19.6 Å². The van der Waals surface area contributed by atoms with Crippen molar-refractivity contribution in [1.82, 2.24) is 4.57 Å². The number of aromatic hydroxyl groups is 1. The van der Waals surface area contributed by atoms with Crippen molar-refractivity contribution >= 4 is 45.0 Å². The van der Waals surface area contributed by atoms with Crippen LogP contribution in [-0.2, 0) is 9.53 Å². The molecule has 0 saturated heterocycles. The minimum absolute atomic E-state index is 0.0337. The van der Waals surface area contributed by atoms with Gasteiger partial charge in [0, 0.05) is 10.2 Å². The molecule has 34 heavy (non-hydrogen) atoms. The van der Waals surface area contributed by atoms with Gasteiger partial charge in [-0.2, -0.15) is 0 Å². The first-order valence-corrected chi connectivity index (χ1v) is 12.4. The number of carbonyl (C=O) groups excluding carboxylic acids is 1. The fraction of sp³-hybridized carbons (Fsp3) is 0.240. The van der Waals surface area contributed by atoms with Gasteiger partial charge in [0.15, 0.2) is 16.3 Å². The summed E-state index contributed by atoms with van der Waals surface area (Å²) in [6.07, 6.45) is 1.72. The number of nitrogens with zero attached hydrogens (tertiary/aromatic N) is 2. The lowest BCUT2D eigenvalue weighted by Crippen LogP contribution is -2.35. The van der Waals surface area contributed by atoms with E-state index in [2.05, 4.69) is 15.9 Å². The van der Waals surface area contributed by atoms with E-state index in [1.165, 1.54) is 22.0 Å². The third-order valence-electron chi connectivity index (χ3n) is 5.31. The summed E-state index contributed by atoms with van der Waals surface area (Å²) < 4.78 is 13.6. The first kappa shape index (κ1) is 24.0. The lowest BCUT2D eigenvalue weighted by atomic mass is 9.97. The van der Waals surface area contributed by atoms with Crippen molar-refractivity contribution < 1.29 is 19.4 Å².